The van der Waals surface area contributed by atoms with E-state index in [1.807, 2.05) is 30.3 Å². The number of benzene rings is 1. The van der Waals surface area contributed by atoms with Crippen molar-refractivity contribution < 1.29 is 26.4 Å². The summed E-state index contributed by atoms with van der Waals surface area (Å²) >= 11 is 0. The van der Waals surface area contributed by atoms with Gasteiger partial charge in [-0.15, -0.1) is 0 Å². The molecule has 0 unspecified atom stereocenters. The molecule has 0 radical (unpaired) electrons. The molecule has 0 amide bonds. The van der Waals surface area contributed by atoms with E-state index in [2.05, 4.69) is 21.0 Å². The standard InChI is InChI=1S/C13H22NO2.ClH/c1-4-14(2,3)12-15-10-11-16-13-8-6-5-7-9-13;/h5-9H,4,10-12H2,1-3H3;1H/q+1;/p-1. The van der Waals surface area contributed by atoms with Crippen LogP contribution in [-0.4, -0.2) is 45.1 Å². The quantitative estimate of drug-likeness (QED) is 0.361. The highest BCUT2D eigenvalue weighted by atomic mass is 35.5. The molecule has 17 heavy (non-hydrogen) atoms. The van der Waals surface area contributed by atoms with Crippen molar-refractivity contribution in [2.45, 2.75) is 6.92 Å². The first-order valence-electron chi connectivity index (χ1n) is 5.71. The van der Waals surface area contributed by atoms with Crippen molar-refractivity contribution in [3.8, 4) is 5.75 Å². The second-order valence-electron chi connectivity index (χ2n) is 4.45. The molecular weight excluding hydrogens is 238 g/mol. The summed E-state index contributed by atoms with van der Waals surface area (Å²) in [7, 11) is 4.30. The highest BCUT2D eigenvalue weighted by Crippen LogP contribution is 2.07. The Bertz CT molecular complexity index is 291. The summed E-state index contributed by atoms with van der Waals surface area (Å²) in [5.74, 6) is 0.898. The first kappa shape index (κ1) is 16.2. The molecule has 0 saturated heterocycles. The highest BCUT2D eigenvalue weighted by Gasteiger charge is 2.10. The van der Waals surface area contributed by atoms with E-state index in [9.17, 15) is 0 Å². The van der Waals surface area contributed by atoms with Gasteiger partial charge in [0.05, 0.1) is 27.2 Å². The molecule has 1 aromatic carbocycles. The van der Waals surface area contributed by atoms with Crippen LogP contribution in [0.15, 0.2) is 30.3 Å². The van der Waals surface area contributed by atoms with Gasteiger partial charge in [-0.25, -0.2) is 0 Å². The van der Waals surface area contributed by atoms with Crippen LogP contribution >= 0.6 is 0 Å². The third-order valence-electron chi connectivity index (χ3n) is 2.54. The van der Waals surface area contributed by atoms with Gasteiger partial charge in [0.1, 0.15) is 12.4 Å². The average Bonchev–Trinajstić information content (AvgIpc) is 2.30. The lowest BCUT2D eigenvalue weighted by atomic mass is 10.3. The van der Waals surface area contributed by atoms with Gasteiger partial charge in [-0.1, -0.05) is 18.2 Å². The number of quaternary nitrogens is 1. The summed E-state index contributed by atoms with van der Waals surface area (Å²) in [4.78, 5) is 0. The van der Waals surface area contributed by atoms with Crippen molar-refractivity contribution in [3.63, 3.8) is 0 Å². The van der Waals surface area contributed by atoms with Crippen molar-refractivity contribution in [2.24, 2.45) is 0 Å². The fraction of sp³-hybridized carbons (Fsp3) is 0.538. The molecule has 0 heterocycles. The minimum absolute atomic E-state index is 0. The van der Waals surface area contributed by atoms with Gasteiger partial charge < -0.3 is 26.4 Å². The Kier molecular flexibility index (Phi) is 7.96. The van der Waals surface area contributed by atoms with E-state index in [4.69, 9.17) is 9.47 Å². The molecule has 0 saturated carbocycles. The van der Waals surface area contributed by atoms with Gasteiger partial charge in [0, 0.05) is 0 Å². The van der Waals surface area contributed by atoms with Crippen LogP contribution in [0.4, 0.5) is 0 Å². The molecule has 98 valence electrons. The van der Waals surface area contributed by atoms with Gasteiger partial charge in [0.2, 0.25) is 0 Å². The van der Waals surface area contributed by atoms with Gasteiger partial charge in [-0.05, 0) is 19.1 Å². The monoisotopic (exact) mass is 259 g/mol. The predicted octanol–water partition coefficient (Wildman–Crippen LogP) is -0.860. The zero-order chi connectivity index (χ0) is 11.9. The summed E-state index contributed by atoms with van der Waals surface area (Å²) in [6.07, 6.45) is 0. The van der Waals surface area contributed by atoms with Gasteiger partial charge in [0.15, 0.2) is 6.73 Å². The van der Waals surface area contributed by atoms with Crippen LogP contribution in [0.1, 0.15) is 6.92 Å². The van der Waals surface area contributed by atoms with E-state index in [1.165, 1.54) is 0 Å². The molecule has 0 bridgehead atoms. The lowest BCUT2D eigenvalue weighted by molar-refractivity contribution is -0.908. The van der Waals surface area contributed by atoms with Crippen LogP contribution in [-0.2, 0) is 4.74 Å². The third-order valence-corrected chi connectivity index (χ3v) is 2.54. The Morgan fingerprint density at radius 1 is 1.06 bits per heavy atom. The van der Waals surface area contributed by atoms with E-state index in [0.717, 1.165) is 23.5 Å². The van der Waals surface area contributed by atoms with Crippen LogP contribution in [0.3, 0.4) is 0 Å². The molecule has 0 fully saturated rings. The molecule has 0 aromatic heterocycles. The van der Waals surface area contributed by atoms with Crippen molar-refractivity contribution in [1.82, 2.24) is 0 Å². The fourth-order valence-corrected chi connectivity index (χ4v) is 1.14. The molecule has 4 heteroatoms. The summed E-state index contributed by atoms with van der Waals surface area (Å²) in [6, 6.07) is 9.81. The van der Waals surface area contributed by atoms with E-state index in [-0.39, 0.29) is 12.4 Å². The molecule has 1 rings (SSSR count). The molecule has 0 atom stereocenters. The van der Waals surface area contributed by atoms with Gasteiger partial charge >= 0.3 is 0 Å². The van der Waals surface area contributed by atoms with Crippen LogP contribution in [0.25, 0.3) is 0 Å². The Balaban J connectivity index is 0.00000256. The number of hydrogen-bond acceptors (Lipinski definition) is 2. The van der Waals surface area contributed by atoms with Crippen molar-refractivity contribution >= 4 is 0 Å². The Morgan fingerprint density at radius 2 is 1.71 bits per heavy atom. The summed E-state index contributed by atoms with van der Waals surface area (Å²) in [5, 5.41) is 0. The molecule has 0 N–H and O–H groups in total. The maximum Gasteiger partial charge on any atom is 0.182 e. The minimum atomic E-state index is 0. The largest absolute Gasteiger partial charge is 1.00 e. The van der Waals surface area contributed by atoms with E-state index < -0.39 is 0 Å². The molecular formula is C13H22ClNO2. The maximum atomic E-state index is 5.56. The van der Waals surface area contributed by atoms with Gasteiger partial charge in [0.25, 0.3) is 0 Å². The summed E-state index contributed by atoms with van der Waals surface area (Å²) < 4.78 is 12.0. The number of para-hydroxylation sites is 1. The SMILES string of the molecule is CC[N+](C)(C)COCCOc1ccccc1.[Cl-]. The van der Waals surface area contributed by atoms with E-state index in [0.29, 0.717) is 13.2 Å². The molecule has 0 spiro atoms. The lowest BCUT2D eigenvalue weighted by Gasteiger charge is -2.27. The third kappa shape index (κ3) is 7.21. The first-order chi connectivity index (χ1) is 7.64. The number of nitrogens with zero attached hydrogens (tertiary/aromatic N) is 1. The molecule has 3 nitrogen and oxygen atoms in total. The van der Waals surface area contributed by atoms with E-state index >= 15 is 0 Å². The van der Waals surface area contributed by atoms with Crippen molar-refractivity contribution in [1.29, 1.82) is 0 Å². The molecule has 0 aliphatic rings. The Morgan fingerprint density at radius 3 is 2.29 bits per heavy atom. The number of rotatable bonds is 7. The molecule has 1 aromatic rings. The Hall–Kier alpha value is -0.770. The number of hydrogen-bond donors (Lipinski definition) is 0. The van der Waals surface area contributed by atoms with Crippen LogP contribution in [0.5, 0.6) is 5.75 Å². The number of ether oxygens (including phenoxy) is 2. The fourth-order valence-electron chi connectivity index (χ4n) is 1.14. The van der Waals surface area contributed by atoms with Crippen molar-refractivity contribution in [3.05, 3.63) is 30.3 Å². The van der Waals surface area contributed by atoms with Gasteiger partial charge in [-0.3, -0.25) is 0 Å². The number of halogens is 1. The minimum Gasteiger partial charge on any atom is -1.00 e. The Labute approximate surface area is 110 Å². The zero-order valence-corrected chi connectivity index (χ0v) is 11.6. The van der Waals surface area contributed by atoms with Crippen LogP contribution < -0.4 is 17.1 Å². The average molecular weight is 260 g/mol. The highest BCUT2D eigenvalue weighted by molar-refractivity contribution is 5.20. The maximum absolute atomic E-state index is 5.56. The smallest absolute Gasteiger partial charge is 0.182 e. The predicted molar refractivity (Wildman–Crippen MR) is 65.4 cm³/mol. The zero-order valence-electron chi connectivity index (χ0n) is 10.9. The molecule has 0 aliphatic carbocycles. The van der Waals surface area contributed by atoms with E-state index in [1.54, 1.807) is 0 Å². The lowest BCUT2D eigenvalue weighted by Crippen LogP contribution is -3.00. The van der Waals surface area contributed by atoms with Crippen molar-refractivity contribution in [2.75, 3.05) is 40.6 Å². The first-order valence-corrected chi connectivity index (χ1v) is 5.71. The molecule has 0 aliphatic heterocycles. The second-order valence-corrected chi connectivity index (χ2v) is 4.45. The topological polar surface area (TPSA) is 18.5 Å². The van der Waals surface area contributed by atoms with Crippen LogP contribution in [0, 0.1) is 0 Å². The summed E-state index contributed by atoms with van der Waals surface area (Å²) in [5.41, 5.74) is 0. The normalized spacial score (nSPS) is 10.8. The van der Waals surface area contributed by atoms with Crippen LogP contribution in [0.2, 0.25) is 0 Å². The second kappa shape index (κ2) is 8.34. The van der Waals surface area contributed by atoms with Gasteiger partial charge in [-0.2, -0.15) is 0 Å². The summed E-state index contributed by atoms with van der Waals surface area (Å²) in [6.45, 7) is 5.20.